The number of hydrogen-bond acceptors (Lipinski definition) is 4. The van der Waals surface area contributed by atoms with Crippen molar-refractivity contribution < 1.29 is 19.1 Å². The van der Waals surface area contributed by atoms with Gasteiger partial charge < -0.3 is 10.1 Å². The van der Waals surface area contributed by atoms with Crippen LogP contribution in [0.1, 0.15) is 12.5 Å². The smallest absolute Gasteiger partial charge is 0.279 e. The summed E-state index contributed by atoms with van der Waals surface area (Å²) in [6.07, 6.45) is -0.643. The molecule has 0 saturated carbocycles. The maximum atomic E-state index is 12.2. The van der Waals surface area contributed by atoms with Crippen molar-refractivity contribution in [1.29, 1.82) is 0 Å². The number of hydrogen-bond donors (Lipinski definition) is 3. The van der Waals surface area contributed by atoms with Crippen molar-refractivity contribution in [2.45, 2.75) is 19.4 Å². The van der Waals surface area contributed by atoms with Crippen LogP contribution in [0.15, 0.2) is 72.8 Å². The maximum absolute atomic E-state index is 12.2. The second-order valence-electron chi connectivity index (χ2n) is 6.75. The normalized spacial score (nSPS) is 11.4. The average Bonchev–Trinajstić information content (AvgIpc) is 2.76. The fourth-order valence-corrected chi connectivity index (χ4v) is 2.80. The number of hydrazine groups is 1. The molecule has 3 amide bonds. The summed E-state index contributed by atoms with van der Waals surface area (Å²) in [5.74, 6) is -0.777. The third-order valence-electron chi connectivity index (χ3n) is 4.38. The van der Waals surface area contributed by atoms with Gasteiger partial charge >= 0.3 is 0 Å². The molecule has 0 aliphatic rings. The summed E-state index contributed by atoms with van der Waals surface area (Å²) in [6, 6.07) is 22.6. The van der Waals surface area contributed by atoms with Crippen molar-refractivity contribution in [3.05, 3.63) is 78.4 Å². The van der Waals surface area contributed by atoms with Gasteiger partial charge in [0.05, 0.1) is 13.0 Å². The van der Waals surface area contributed by atoms with Crippen LogP contribution in [0.4, 0.5) is 0 Å². The third kappa shape index (κ3) is 6.07. The van der Waals surface area contributed by atoms with Crippen molar-refractivity contribution in [1.82, 2.24) is 16.2 Å². The maximum Gasteiger partial charge on any atom is 0.279 e. The lowest BCUT2D eigenvalue weighted by atomic mass is 10.1. The monoisotopic (exact) mass is 405 g/mol. The second-order valence-corrected chi connectivity index (χ2v) is 6.75. The largest absolute Gasteiger partial charge is 0.481 e. The Bertz CT molecular complexity index is 1040. The lowest BCUT2D eigenvalue weighted by molar-refractivity contribution is -0.132. The summed E-state index contributed by atoms with van der Waals surface area (Å²) in [5.41, 5.74) is 5.41. The Morgan fingerprint density at radius 1 is 0.833 bits per heavy atom. The third-order valence-corrected chi connectivity index (χ3v) is 4.38. The van der Waals surface area contributed by atoms with E-state index in [1.165, 1.54) is 0 Å². The summed E-state index contributed by atoms with van der Waals surface area (Å²) in [7, 11) is 0. The zero-order valence-corrected chi connectivity index (χ0v) is 16.6. The van der Waals surface area contributed by atoms with Gasteiger partial charge in [0.15, 0.2) is 6.10 Å². The summed E-state index contributed by atoms with van der Waals surface area (Å²) < 4.78 is 5.65. The number of carbonyl (C=O) groups is 3. The molecular weight excluding hydrogens is 382 g/mol. The lowest BCUT2D eigenvalue weighted by Crippen LogP contribution is -2.50. The van der Waals surface area contributed by atoms with Gasteiger partial charge in [-0.15, -0.1) is 0 Å². The Morgan fingerprint density at radius 3 is 2.30 bits per heavy atom. The number of fused-ring (bicyclic) bond motifs is 1. The standard InChI is InChI=1S/C23H23N3O4/c1-16(30-20-12-11-18-9-5-6-10-19(18)14-20)23(29)26-25-22(28)15-24-21(27)13-17-7-3-2-4-8-17/h2-12,14,16H,13,15H2,1H3,(H,24,27)(H,25,28)(H,26,29)/t16-/m1/s1. The fourth-order valence-electron chi connectivity index (χ4n) is 2.80. The minimum absolute atomic E-state index is 0.178. The molecule has 0 aliphatic carbocycles. The molecule has 0 heterocycles. The number of nitrogens with one attached hydrogen (secondary N) is 3. The molecule has 7 nitrogen and oxygen atoms in total. The molecular formula is C23H23N3O4. The van der Waals surface area contributed by atoms with E-state index in [1.54, 1.807) is 13.0 Å². The summed E-state index contributed by atoms with van der Waals surface area (Å²) in [5, 5.41) is 4.58. The predicted molar refractivity (Wildman–Crippen MR) is 113 cm³/mol. The van der Waals surface area contributed by atoms with Gasteiger partial charge in [-0.25, -0.2) is 0 Å². The molecule has 0 unspecified atom stereocenters. The van der Waals surface area contributed by atoms with Gasteiger partial charge in [-0.2, -0.15) is 0 Å². The van der Waals surface area contributed by atoms with Crippen molar-refractivity contribution in [3.63, 3.8) is 0 Å². The summed E-state index contributed by atoms with van der Waals surface area (Å²) in [6.45, 7) is 1.34. The Morgan fingerprint density at radius 2 is 1.53 bits per heavy atom. The van der Waals surface area contributed by atoms with Crippen molar-refractivity contribution in [2.24, 2.45) is 0 Å². The molecule has 0 spiro atoms. The van der Waals surface area contributed by atoms with Crippen LogP contribution >= 0.6 is 0 Å². The Hall–Kier alpha value is -3.87. The van der Waals surface area contributed by atoms with Crippen molar-refractivity contribution >= 4 is 28.5 Å². The van der Waals surface area contributed by atoms with Gasteiger partial charge in [0.25, 0.3) is 11.8 Å². The van der Waals surface area contributed by atoms with Gasteiger partial charge in [0, 0.05) is 0 Å². The lowest BCUT2D eigenvalue weighted by Gasteiger charge is -2.15. The molecule has 30 heavy (non-hydrogen) atoms. The zero-order valence-electron chi connectivity index (χ0n) is 16.6. The van der Waals surface area contributed by atoms with Gasteiger partial charge in [0.1, 0.15) is 5.75 Å². The Labute approximate surface area is 174 Å². The van der Waals surface area contributed by atoms with Crippen LogP contribution in [-0.4, -0.2) is 30.4 Å². The van der Waals surface area contributed by atoms with Crippen LogP contribution < -0.4 is 20.9 Å². The first-order chi connectivity index (χ1) is 14.5. The minimum atomic E-state index is -0.820. The molecule has 0 bridgehead atoms. The van der Waals surface area contributed by atoms with E-state index in [4.69, 9.17) is 4.74 Å². The highest BCUT2D eigenvalue weighted by Gasteiger charge is 2.16. The molecule has 7 heteroatoms. The molecule has 3 aromatic rings. The highest BCUT2D eigenvalue weighted by atomic mass is 16.5. The molecule has 0 aliphatic heterocycles. The van der Waals surface area contributed by atoms with E-state index in [0.29, 0.717) is 5.75 Å². The molecule has 1 atom stereocenters. The van der Waals surface area contributed by atoms with E-state index in [1.807, 2.05) is 66.7 Å². The first-order valence-corrected chi connectivity index (χ1v) is 9.56. The van der Waals surface area contributed by atoms with Crippen LogP contribution in [0, 0.1) is 0 Å². The Balaban J connectivity index is 1.40. The average molecular weight is 405 g/mol. The molecule has 3 aromatic carbocycles. The van der Waals surface area contributed by atoms with Gasteiger partial charge in [-0.3, -0.25) is 25.2 Å². The van der Waals surface area contributed by atoms with Gasteiger partial charge in [-0.05, 0) is 35.4 Å². The van der Waals surface area contributed by atoms with E-state index in [2.05, 4.69) is 16.2 Å². The first-order valence-electron chi connectivity index (χ1n) is 9.56. The first kappa shape index (κ1) is 20.9. The molecule has 154 valence electrons. The van der Waals surface area contributed by atoms with Crippen LogP contribution in [0.25, 0.3) is 10.8 Å². The topological polar surface area (TPSA) is 96.5 Å². The van der Waals surface area contributed by atoms with E-state index in [9.17, 15) is 14.4 Å². The predicted octanol–water partition coefficient (Wildman–Crippen LogP) is 2.11. The number of rotatable bonds is 7. The molecule has 0 fully saturated rings. The Kier molecular flexibility index (Phi) is 7.00. The van der Waals surface area contributed by atoms with Crippen molar-refractivity contribution in [3.8, 4) is 5.75 Å². The number of amides is 3. The molecule has 0 radical (unpaired) electrons. The summed E-state index contributed by atoms with van der Waals surface area (Å²) >= 11 is 0. The van der Waals surface area contributed by atoms with Crippen LogP contribution in [-0.2, 0) is 20.8 Å². The number of benzene rings is 3. The fraction of sp³-hybridized carbons (Fsp3) is 0.174. The number of carbonyl (C=O) groups excluding carboxylic acids is 3. The van der Waals surface area contributed by atoms with E-state index in [-0.39, 0.29) is 18.9 Å². The number of ether oxygens (including phenoxy) is 1. The molecule has 0 saturated heterocycles. The SMILES string of the molecule is C[C@@H](Oc1ccc2ccccc2c1)C(=O)NNC(=O)CNC(=O)Cc1ccccc1. The second kappa shape index (κ2) is 10.1. The van der Waals surface area contributed by atoms with E-state index in [0.717, 1.165) is 16.3 Å². The molecule has 3 rings (SSSR count). The van der Waals surface area contributed by atoms with E-state index >= 15 is 0 Å². The van der Waals surface area contributed by atoms with Gasteiger partial charge in [0.2, 0.25) is 5.91 Å². The van der Waals surface area contributed by atoms with E-state index < -0.39 is 17.9 Å². The van der Waals surface area contributed by atoms with Crippen LogP contribution in [0.5, 0.6) is 5.75 Å². The molecule has 3 N–H and O–H groups in total. The highest BCUT2D eigenvalue weighted by molar-refractivity contribution is 5.88. The minimum Gasteiger partial charge on any atom is -0.481 e. The summed E-state index contributed by atoms with van der Waals surface area (Å²) in [4.78, 5) is 35.9. The zero-order chi connectivity index (χ0) is 21.3. The quantitative estimate of drug-likeness (QED) is 0.525. The molecule has 0 aromatic heterocycles. The van der Waals surface area contributed by atoms with Crippen molar-refractivity contribution in [2.75, 3.05) is 6.54 Å². The highest BCUT2D eigenvalue weighted by Crippen LogP contribution is 2.21. The van der Waals surface area contributed by atoms with Crippen LogP contribution in [0.3, 0.4) is 0 Å². The van der Waals surface area contributed by atoms with Gasteiger partial charge in [-0.1, -0.05) is 60.7 Å². The van der Waals surface area contributed by atoms with Crippen LogP contribution in [0.2, 0.25) is 0 Å².